The molecule has 0 saturated carbocycles. The molecule has 0 aliphatic rings. The van der Waals surface area contributed by atoms with Crippen molar-refractivity contribution in [3.63, 3.8) is 0 Å². The molecule has 0 atom stereocenters. The zero-order valence-corrected chi connectivity index (χ0v) is 19.1. The number of benzene rings is 1. The number of carbonyl (C=O) groups excluding carboxylic acids is 2. The Hall–Kier alpha value is -3.36. The Morgan fingerprint density at radius 1 is 1.12 bits per heavy atom. The summed E-state index contributed by atoms with van der Waals surface area (Å²) in [5, 5.41) is 9.43. The lowest BCUT2D eigenvalue weighted by atomic mass is 10.1. The van der Waals surface area contributed by atoms with E-state index in [0.29, 0.717) is 24.2 Å². The number of carboxylic acids is 1. The normalized spacial score (nSPS) is 12.1. The standard InChI is InChI=1S/C23H32N4O5/c1-23(2,3)32-22(31)26-20(24)15-10-11-17-16(13-15)14-18(25-17)21(30)27(4)12-8-6-5-7-9-19(28)29/h10-11,13-14,25H,5-9,12H2,1-4H3,(H,28,29)(H2,24,26,31). The minimum atomic E-state index is -0.780. The number of ether oxygens (including phenoxy) is 1. The number of carboxylic acid groups (broad SMARTS) is 1. The summed E-state index contributed by atoms with van der Waals surface area (Å²) in [5.74, 6) is -0.879. The smallest absolute Gasteiger partial charge is 0.436 e. The van der Waals surface area contributed by atoms with E-state index in [-0.39, 0.29) is 18.2 Å². The number of hydrogen-bond acceptors (Lipinski definition) is 4. The molecule has 2 aromatic rings. The molecule has 0 bridgehead atoms. The molecule has 174 valence electrons. The molecule has 4 N–H and O–H groups in total. The van der Waals surface area contributed by atoms with Gasteiger partial charge in [-0.15, -0.1) is 0 Å². The highest BCUT2D eigenvalue weighted by atomic mass is 16.6. The fourth-order valence-corrected chi connectivity index (χ4v) is 3.14. The molecule has 0 spiro atoms. The van der Waals surface area contributed by atoms with E-state index in [0.717, 1.165) is 30.2 Å². The Balaban J connectivity index is 2.00. The lowest BCUT2D eigenvalue weighted by Gasteiger charge is -2.17. The van der Waals surface area contributed by atoms with Crippen molar-refractivity contribution in [3.8, 4) is 0 Å². The van der Waals surface area contributed by atoms with Crippen molar-refractivity contribution in [3.05, 3.63) is 35.5 Å². The summed E-state index contributed by atoms with van der Waals surface area (Å²) < 4.78 is 5.15. The van der Waals surface area contributed by atoms with Crippen LogP contribution in [0.25, 0.3) is 10.9 Å². The number of amidine groups is 1. The number of nitrogens with one attached hydrogen (secondary N) is 1. The van der Waals surface area contributed by atoms with Crippen LogP contribution in [0.1, 0.15) is 68.9 Å². The second-order valence-corrected chi connectivity index (χ2v) is 8.75. The number of rotatable bonds is 9. The van der Waals surface area contributed by atoms with Crippen molar-refractivity contribution in [1.29, 1.82) is 0 Å². The number of aliphatic carboxylic acids is 1. The van der Waals surface area contributed by atoms with E-state index in [9.17, 15) is 14.4 Å². The Labute approximate surface area is 187 Å². The second-order valence-electron chi connectivity index (χ2n) is 8.75. The van der Waals surface area contributed by atoms with Crippen molar-refractivity contribution in [2.24, 2.45) is 10.7 Å². The third-order valence-corrected chi connectivity index (χ3v) is 4.73. The highest BCUT2D eigenvalue weighted by Gasteiger charge is 2.17. The Morgan fingerprint density at radius 2 is 1.81 bits per heavy atom. The maximum absolute atomic E-state index is 12.7. The van der Waals surface area contributed by atoms with Gasteiger partial charge in [0.25, 0.3) is 5.91 Å². The number of aliphatic imine (C=N–C) groups is 1. The molecule has 0 aliphatic carbocycles. The molecule has 2 rings (SSSR count). The summed E-state index contributed by atoms with van der Waals surface area (Å²) in [5.41, 5.74) is 7.07. The molecule has 32 heavy (non-hydrogen) atoms. The van der Waals surface area contributed by atoms with E-state index >= 15 is 0 Å². The van der Waals surface area contributed by atoms with Crippen LogP contribution in [0.15, 0.2) is 29.3 Å². The number of hydrogen-bond donors (Lipinski definition) is 3. The molecule has 1 aromatic carbocycles. The highest BCUT2D eigenvalue weighted by molar-refractivity contribution is 6.06. The van der Waals surface area contributed by atoms with Crippen LogP contribution in [-0.4, -0.2) is 58.0 Å². The topological polar surface area (TPSA) is 138 Å². The number of aromatic amines is 1. The van der Waals surface area contributed by atoms with Crippen molar-refractivity contribution in [2.75, 3.05) is 13.6 Å². The zero-order valence-electron chi connectivity index (χ0n) is 19.1. The van der Waals surface area contributed by atoms with Crippen LogP contribution in [0.5, 0.6) is 0 Å². The van der Waals surface area contributed by atoms with Gasteiger partial charge in [-0.25, -0.2) is 4.79 Å². The van der Waals surface area contributed by atoms with Gasteiger partial charge in [-0.05, 0) is 57.9 Å². The maximum atomic E-state index is 12.7. The number of unbranched alkanes of at least 4 members (excludes halogenated alkanes) is 3. The summed E-state index contributed by atoms with van der Waals surface area (Å²) in [6.07, 6.45) is 2.58. The Morgan fingerprint density at radius 3 is 2.47 bits per heavy atom. The third-order valence-electron chi connectivity index (χ3n) is 4.73. The van der Waals surface area contributed by atoms with Gasteiger partial charge in [0.2, 0.25) is 0 Å². The molecule has 0 fully saturated rings. The van der Waals surface area contributed by atoms with Gasteiger partial charge >= 0.3 is 12.1 Å². The van der Waals surface area contributed by atoms with Crippen LogP contribution < -0.4 is 5.73 Å². The monoisotopic (exact) mass is 444 g/mol. The molecule has 1 heterocycles. The van der Waals surface area contributed by atoms with E-state index in [1.165, 1.54) is 0 Å². The first-order valence-corrected chi connectivity index (χ1v) is 10.6. The van der Waals surface area contributed by atoms with Crippen LogP contribution in [0.3, 0.4) is 0 Å². The van der Waals surface area contributed by atoms with Crippen LogP contribution in [-0.2, 0) is 9.53 Å². The SMILES string of the molecule is CN(CCCCCCC(=O)O)C(=O)c1cc2cc(/C(N)=N\C(=O)OC(C)(C)C)ccc2[nH]1. The number of amides is 2. The van der Waals surface area contributed by atoms with Crippen LogP contribution in [0.4, 0.5) is 4.79 Å². The summed E-state index contributed by atoms with van der Waals surface area (Å²) in [6, 6.07) is 7.00. The number of nitrogens with zero attached hydrogens (tertiary/aromatic N) is 2. The van der Waals surface area contributed by atoms with Gasteiger partial charge in [0.15, 0.2) is 0 Å². The fraction of sp³-hybridized carbons (Fsp3) is 0.478. The summed E-state index contributed by atoms with van der Waals surface area (Å²) in [4.78, 5) is 43.7. The summed E-state index contributed by atoms with van der Waals surface area (Å²) in [6.45, 7) is 5.83. The average molecular weight is 445 g/mol. The number of aromatic nitrogens is 1. The predicted molar refractivity (Wildman–Crippen MR) is 123 cm³/mol. The highest BCUT2D eigenvalue weighted by Crippen LogP contribution is 2.19. The van der Waals surface area contributed by atoms with Gasteiger partial charge in [0.1, 0.15) is 17.1 Å². The molecule has 9 heteroatoms. The van der Waals surface area contributed by atoms with Gasteiger partial charge in [0.05, 0.1) is 0 Å². The Kier molecular flexibility index (Phi) is 8.40. The molecule has 9 nitrogen and oxygen atoms in total. The minimum absolute atomic E-state index is 0.0373. The van der Waals surface area contributed by atoms with Crippen molar-refractivity contribution >= 4 is 34.7 Å². The molecule has 0 saturated heterocycles. The van der Waals surface area contributed by atoms with E-state index in [1.54, 1.807) is 57.0 Å². The summed E-state index contributed by atoms with van der Waals surface area (Å²) in [7, 11) is 1.74. The minimum Gasteiger partial charge on any atom is -0.481 e. The van der Waals surface area contributed by atoms with Crippen molar-refractivity contribution in [1.82, 2.24) is 9.88 Å². The lowest BCUT2D eigenvalue weighted by Crippen LogP contribution is -2.27. The number of carbonyl (C=O) groups is 3. The van der Waals surface area contributed by atoms with Crippen LogP contribution in [0, 0.1) is 0 Å². The largest absolute Gasteiger partial charge is 0.481 e. The van der Waals surface area contributed by atoms with E-state index < -0.39 is 17.7 Å². The number of fused-ring (bicyclic) bond motifs is 1. The van der Waals surface area contributed by atoms with Crippen molar-refractivity contribution in [2.45, 2.75) is 58.5 Å². The van der Waals surface area contributed by atoms with Gasteiger partial charge in [0, 0.05) is 36.5 Å². The molecule has 2 amide bonds. The molecule has 0 unspecified atom stereocenters. The second kappa shape index (κ2) is 10.8. The lowest BCUT2D eigenvalue weighted by molar-refractivity contribution is -0.137. The number of nitrogens with two attached hydrogens (primary N) is 1. The first-order valence-electron chi connectivity index (χ1n) is 10.6. The molecular formula is C23H32N4O5. The number of H-pyrrole nitrogens is 1. The van der Waals surface area contributed by atoms with Crippen LogP contribution in [0.2, 0.25) is 0 Å². The first-order chi connectivity index (χ1) is 15.0. The van der Waals surface area contributed by atoms with E-state index in [4.69, 9.17) is 15.6 Å². The van der Waals surface area contributed by atoms with Crippen molar-refractivity contribution < 1.29 is 24.2 Å². The Bertz CT molecular complexity index is 1000. The average Bonchev–Trinajstić information content (AvgIpc) is 3.11. The molecule has 1 aromatic heterocycles. The quantitative estimate of drug-likeness (QED) is 0.304. The fourth-order valence-electron chi connectivity index (χ4n) is 3.14. The van der Waals surface area contributed by atoms with Gasteiger partial charge in [-0.3, -0.25) is 9.59 Å². The van der Waals surface area contributed by atoms with Crippen LogP contribution >= 0.6 is 0 Å². The third kappa shape index (κ3) is 7.72. The van der Waals surface area contributed by atoms with Gasteiger partial charge in [-0.1, -0.05) is 12.8 Å². The first kappa shape index (κ1) is 24.9. The zero-order chi connectivity index (χ0) is 23.9. The molecule has 0 radical (unpaired) electrons. The van der Waals surface area contributed by atoms with E-state index in [1.807, 2.05) is 0 Å². The summed E-state index contributed by atoms with van der Waals surface area (Å²) >= 11 is 0. The van der Waals surface area contributed by atoms with Gasteiger partial charge < -0.3 is 25.5 Å². The molecular weight excluding hydrogens is 412 g/mol. The molecule has 0 aliphatic heterocycles. The van der Waals surface area contributed by atoms with E-state index in [2.05, 4.69) is 9.98 Å². The maximum Gasteiger partial charge on any atom is 0.436 e. The van der Waals surface area contributed by atoms with Gasteiger partial charge in [-0.2, -0.15) is 4.99 Å². The predicted octanol–water partition coefficient (Wildman–Crippen LogP) is 3.92.